The van der Waals surface area contributed by atoms with E-state index in [1.54, 1.807) is 18.3 Å². The number of hydrogen-bond donors (Lipinski definition) is 0. The summed E-state index contributed by atoms with van der Waals surface area (Å²) in [6.07, 6.45) is 7.16. The lowest BCUT2D eigenvalue weighted by atomic mass is 9.63. The summed E-state index contributed by atoms with van der Waals surface area (Å²) in [5, 5.41) is 6.62. The Hall–Kier alpha value is -3.54. The van der Waals surface area contributed by atoms with Crippen LogP contribution in [0.2, 0.25) is 0 Å². The van der Waals surface area contributed by atoms with Gasteiger partial charge in [0.1, 0.15) is 5.82 Å². The van der Waals surface area contributed by atoms with E-state index in [2.05, 4.69) is 21.8 Å². The zero-order valence-electron chi connectivity index (χ0n) is 18.8. The van der Waals surface area contributed by atoms with Gasteiger partial charge in [0, 0.05) is 28.7 Å². The van der Waals surface area contributed by atoms with E-state index in [9.17, 15) is 14.0 Å². The molecule has 34 heavy (non-hydrogen) atoms. The van der Waals surface area contributed by atoms with Crippen molar-refractivity contribution in [3.63, 3.8) is 0 Å². The fourth-order valence-electron chi connectivity index (χ4n) is 6.77. The molecule has 2 heterocycles. The van der Waals surface area contributed by atoms with E-state index in [0.717, 1.165) is 39.2 Å². The zero-order valence-corrected chi connectivity index (χ0v) is 18.8. The van der Waals surface area contributed by atoms with Gasteiger partial charge in [0.2, 0.25) is 0 Å². The Balaban J connectivity index is 1.24. The highest BCUT2D eigenvalue weighted by Gasteiger charge is 2.67. The highest BCUT2D eigenvalue weighted by atomic mass is 19.1. The average molecular weight is 454 g/mol. The summed E-state index contributed by atoms with van der Waals surface area (Å²) in [6, 6.07) is 14.5. The Kier molecular flexibility index (Phi) is 4.08. The van der Waals surface area contributed by atoms with Crippen LogP contribution in [-0.4, -0.2) is 27.6 Å². The zero-order chi connectivity index (χ0) is 23.1. The maximum Gasteiger partial charge on any atom is 0.254 e. The van der Waals surface area contributed by atoms with Crippen molar-refractivity contribution in [2.45, 2.75) is 19.9 Å². The first-order valence-corrected chi connectivity index (χ1v) is 12.0. The molecule has 1 aromatic heterocycles. The number of nitrogens with zero attached hydrogens (tertiary/aromatic N) is 3. The van der Waals surface area contributed by atoms with Gasteiger partial charge in [-0.2, -0.15) is 10.1 Å². The van der Waals surface area contributed by atoms with Gasteiger partial charge in [-0.15, -0.1) is 0 Å². The first-order chi connectivity index (χ1) is 16.5. The van der Waals surface area contributed by atoms with Gasteiger partial charge in [-0.05, 0) is 60.8 Å². The summed E-state index contributed by atoms with van der Waals surface area (Å²) in [7, 11) is 0. The molecule has 1 aliphatic heterocycles. The molecule has 2 saturated carbocycles. The van der Waals surface area contributed by atoms with Crippen LogP contribution in [0, 0.1) is 48.2 Å². The van der Waals surface area contributed by atoms with Crippen molar-refractivity contribution in [1.29, 1.82) is 0 Å². The number of rotatable bonds is 4. The lowest BCUT2D eigenvalue weighted by Crippen LogP contribution is -2.40. The largest absolute Gasteiger partial charge is 0.340 e. The number of fused-ring (bicyclic) bond motifs is 1. The second-order valence-electron chi connectivity index (χ2n) is 10.1. The van der Waals surface area contributed by atoms with Crippen LogP contribution in [0.25, 0.3) is 10.9 Å². The van der Waals surface area contributed by atoms with Crippen molar-refractivity contribution in [3.05, 3.63) is 83.3 Å². The first kappa shape index (κ1) is 19.9. The Bertz CT molecular complexity index is 1380. The molecular weight excluding hydrogens is 429 g/mol. The van der Waals surface area contributed by atoms with Crippen LogP contribution in [0.1, 0.15) is 23.2 Å². The minimum absolute atomic E-state index is 0.149. The predicted molar refractivity (Wildman–Crippen MR) is 126 cm³/mol. The van der Waals surface area contributed by atoms with Gasteiger partial charge in [-0.1, -0.05) is 42.5 Å². The number of allylic oxidation sites excluding steroid dienone is 2. The van der Waals surface area contributed by atoms with E-state index >= 15 is 0 Å². The Labute approximate surface area is 196 Å². The summed E-state index contributed by atoms with van der Waals surface area (Å²) in [5.74, 6) is 0.479. The molecule has 5 nitrogen and oxygen atoms in total. The summed E-state index contributed by atoms with van der Waals surface area (Å²) >= 11 is 0. The first-order valence-electron chi connectivity index (χ1n) is 12.0. The lowest BCUT2D eigenvalue weighted by molar-refractivity contribution is -0.140. The van der Waals surface area contributed by atoms with Crippen molar-refractivity contribution in [2.75, 3.05) is 0 Å². The van der Waals surface area contributed by atoms with Crippen LogP contribution in [0.4, 0.5) is 4.39 Å². The molecule has 2 amide bonds. The van der Waals surface area contributed by atoms with Gasteiger partial charge in [0.05, 0.1) is 18.1 Å². The SMILES string of the molecule is Cc1c(/C=N\N2C(=O)[C@@H]3[C@H]4C=C[C@@H]([C@@H]5C[C@@H]45)[C@@H]3C2=O)c2ccccc2n1Cc1ccc(F)cc1. The van der Waals surface area contributed by atoms with E-state index in [4.69, 9.17) is 0 Å². The topological polar surface area (TPSA) is 54.7 Å². The second-order valence-corrected chi connectivity index (χ2v) is 10.1. The quantitative estimate of drug-likeness (QED) is 0.331. The molecule has 5 aliphatic rings. The number of aromatic nitrogens is 1. The number of carbonyl (C=O) groups excluding carboxylic acids is 2. The average Bonchev–Trinajstić information content (AvgIpc) is 3.59. The Morgan fingerprint density at radius 3 is 2.29 bits per heavy atom. The fourth-order valence-corrected chi connectivity index (χ4v) is 6.77. The van der Waals surface area contributed by atoms with E-state index in [0.29, 0.717) is 18.4 Å². The van der Waals surface area contributed by atoms with Crippen molar-refractivity contribution in [1.82, 2.24) is 9.58 Å². The highest BCUT2D eigenvalue weighted by Crippen LogP contribution is 2.65. The van der Waals surface area contributed by atoms with E-state index < -0.39 is 0 Å². The van der Waals surface area contributed by atoms with E-state index in [1.165, 1.54) is 12.1 Å². The van der Waals surface area contributed by atoms with Gasteiger partial charge in [-0.3, -0.25) is 9.59 Å². The number of hydrazone groups is 1. The molecular formula is C28H24FN3O2. The smallest absolute Gasteiger partial charge is 0.254 e. The minimum atomic E-state index is -0.257. The fraction of sp³-hybridized carbons (Fsp3) is 0.321. The summed E-state index contributed by atoms with van der Waals surface area (Å²) in [5.41, 5.74) is 3.89. The maximum atomic E-state index is 13.4. The number of hydrogen-bond acceptors (Lipinski definition) is 3. The van der Waals surface area contributed by atoms with Gasteiger partial charge >= 0.3 is 0 Å². The normalized spacial score (nSPS) is 31.1. The highest BCUT2D eigenvalue weighted by molar-refractivity contribution is 6.08. The minimum Gasteiger partial charge on any atom is -0.340 e. The van der Waals surface area contributed by atoms with Gasteiger partial charge < -0.3 is 4.57 Å². The summed E-state index contributed by atoms with van der Waals surface area (Å²) < 4.78 is 15.5. The molecule has 170 valence electrons. The number of amides is 2. The lowest BCUT2D eigenvalue weighted by Gasteiger charge is -2.37. The summed E-state index contributed by atoms with van der Waals surface area (Å²) in [6.45, 7) is 2.60. The van der Waals surface area contributed by atoms with E-state index in [1.807, 2.05) is 31.2 Å². The molecule has 4 aliphatic carbocycles. The molecule has 0 radical (unpaired) electrons. The third-order valence-electron chi connectivity index (χ3n) is 8.48. The molecule has 6 atom stereocenters. The van der Waals surface area contributed by atoms with Gasteiger partial charge in [-0.25, -0.2) is 4.39 Å². The third kappa shape index (κ3) is 2.68. The van der Waals surface area contributed by atoms with Crippen LogP contribution < -0.4 is 0 Å². The molecule has 8 rings (SSSR count). The molecule has 2 bridgehead atoms. The molecule has 3 aromatic rings. The Morgan fingerprint density at radius 1 is 0.971 bits per heavy atom. The maximum absolute atomic E-state index is 13.4. The monoisotopic (exact) mass is 453 g/mol. The second kappa shape index (κ2) is 6.98. The predicted octanol–water partition coefficient (Wildman–Crippen LogP) is 4.52. The van der Waals surface area contributed by atoms with Crippen LogP contribution in [0.5, 0.6) is 0 Å². The molecule has 0 unspecified atom stereocenters. The molecule has 6 heteroatoms. The molecule has 0 N–H and O–H groups in total. The number of carbonyl (C=O) groups is 2. The van der Waals surface area contributed by atoms with Crippen LogP contribution in [-0.2, 0) is 16.1 Å². The number of benzene rings is 2. The molecule has 3 fully saturated rings. The van der Waals surface area contributed by atoms with Crippen molar-refractivity contribution in [2.24, 2.45) is 40.6 Å². The molecule has 2 aromatic carbocycles. The standard InChI is InChI=1S/C28H24FN3O2/c1-15-23(18-4-2-3-5-24(18)31(15)14-16-6-8-17(29)9-7-16)13-30-32-27(33)25-19-10-11-20(22-12-21(19)22)26(25)28(32)34/h2-11,13,19-22,25-26H,12,14H2,1H3/b30-13-/t19-,20-,21-,22-,25-,26+/m0/s1. The number of imide groups is 1. The van der Waals surface area contributed by atoms with Crippen LogP contribution >= 0.6 is 0 Å². The van der Waals surface area contributed by atoms with Gasteiger partial charge in [0.15, 0.2) is 0 Å². The van der Waals surface area contributed by atoms with Crippen molar-refractivity contribution < 1.29 is 14.0 Å². The third-order valence-corrected chi connectivity index (χ3v) is 8.48. The van der Waals surface area contributed by atoms with Crippen LogP contribution in [0.3, 0.4) is 0 Å². The molecule has 1 saturated heterocycles. The van der Waals surface area contributed by atoms with Gasteiger partial charge in [0.25, 0.3) is 11.8 Å². The summed E-state index contributed by atoms with van der Waals surface area (Å²) in [4.78, 5) is 26.5. The van der Waals surface area contributed by atoms with Crippen molar-refractivity contribution in [3.8, 4) is 0 Å². The molecule has 0 spiro atoms. The Morgan fingerprint density at radius 2 is 1.62 bits per heavy atom. The number of para-hydroxylation sites is 1. The van der Waals surface area contributed by atoms with Crippen LogP contribution in [0.15, 0.2) is 65.8 Å². The van der Waals surface area contributed by atoms with Crippen molar-refractivity contribution >= 4 is 28.9 Å². The van der Waals surface area contributed by atoms with E-state index in [-0.39, 0.29) is 41.3 Å². The number of halogens is 1.